The first-order valence-corrected chi connectivity index (χ1v) is 56.9. The summed E-state index contributed by atoms with van der Waals surface area (Å²) in [5.41, 5.74) is 14.1. The molecule has 2 aromatic carbocycles. The number of likely N-dealkylation sites (N-methyl/N-ethyl adjacent to an activating group) is 1. The number of benzene rings is 2. The fraction of sp³-hybridized carbons (Fsp3) is 0.333. The number of thiazole rings is 12. The molecule has 54 heteroatoms. The SMILES string of the molecule is Brc1nccs1.Brc1nccs1.Brc1nccs1.Brc1nccs1.Brc1nccs1.Brc1nccs1.Brc1nccs1.C1=CN=CC1.CCCO.CCN(CC)CCOc1nccs1.CN.CN(C)c1nccs1.CNC.COc1nccs1.C[O-].Nc1nncs1.[H-].[H-].[H-].[H-].[Na+].[Na+].[Na+].[Na+].[Na+].c1ccc(CN2CCCCC2)cc1.c1ccc(CN2CCN(c3nccs3)CC2)cc1.c1cn(-c2nccs2)cn1. The number of aliphatic imine (C=N–C) groups is 1. The summed E-state index contributed by atoms with van der Waals surface area (Å²) in [6.45, 7) is 19.6. The molecule has 14 aromatic heterocycles. The van der Waals surface area contributed by atoms with Gasteiger partial charge in [0.2, 0.25) is 5.13 Å². The first kappa shape index (κ1) is 146. The van der Waals surface area contributed by atoms with Crippen molar-refractivity contribution in [1.29, 1.82) is 0 Å². The van der Waals surface area contributed by atoms with Crippen LogP contribution in [0.3, 0.4) is 0 Å². The molecule has 138 heavy (non-hydrogen) atoms. The van der Waals surface area contributed by atoms with Crippen LogP contribution in [0.4, 0.5) is 15.4 Å². The van der Waals surface area contributed by atoms with Gasteiger partial charge in [-0.2, -0.15) is 7.11 Å². The second kappa shape index (κ2) is 106. The van der Waals surface area contributed by atoms with E-state index in [-0.39, 0.29) is 153 Å². The van der Waals surface area contributed by atoms with Crippen LogP contribution in [0, 0.1) is 0 Å². The maximum Gasteiger partial charge on any atom is 1.00 e. The van der Waals surface area contributed by atoms with Crippen molar-refractivity contribution in [3.05, 3.63) is 275 Å². The molecule has 3 aliphatic rings. The number of aromatic nitrogens is 16. The molecular formula is C84H117Br7N25Na5O4S13. The van der Waals surface area contributed by atoms with Crippen LogP contribution in [0.15, 0.2) is 269 Å². The fourth-order valence-corrected chi connectivity index (χ4v) is 17.5. The monoisotopic (exact) mass is 2620 g/mol. The molecular weight excluding hydrogens is 2510 g/mol. The molecule has 29 nitrogen and oxygen atoms in total. The Labute approximate surface area is 1040 Å². The summed E-state index contributed by atoms with van der Waals surface area (Å²) in [4.78, 5) is 66.8. The summed E-state index contributed by atoms with van der Waals surface area (Å²) in [6, 6.07) is 21.5. The molecule has 0 aliphatic carbocycles. The number of imidazole rings is 1. The molecule has 17 heterocycles. The van der Waals surface area contributed by atoms with Gasteiger partial charge in [-0.25, -0.2) is 64.8 Å². The number of nitrogens with zero attached hydrogens (tertiary/aromatic N) is 22. The van der Waals surface area contributed by atoms with Gasteiger partial charge in [0.1, 0.15) is 18.4 Å². The molecule has 0 atom stereocenters. The summed E-state index contributed by atoms with van der Waals surface area (Å²) >= 11 is 42.7. The number of allylic oxidation sites excluding steroid dienone is 1. The van der Waals surface area contributed by atoms with Gasteiger partial charge >= 0.3 is 148 Å². The molecule has 0 saturated carbocycles. The number of nitrogens with two attached hydrogens (primary N) is 2. The number of halogens is 7. The third-order valence-corrected chi connectivity index (χ3v) is 28.2. The predicted molar refractivity (Wildman–Crippen MR) is 599 cm³/mol. The number of methoxy groups -OCH3 is 1. The number of piperazine rings is 1. The number of rotatable bonds is 15. The van der Waals surface area contributed by atoms with Gasteiger partial charge in [0.25, 0.3) is 10.4 Å². The largest absolute Gasteiger partial charge is 1.00 e. The Morgan fingerprint density at radius 3 is 1.09 bits per heavy atom. The van der Waals surface area contributed by atoms with Gasteiger partial charge < -0.3 is 56.9 Å². The van der Waals surface area contributed by atoms with E-state index in [1.807, 2.05) is 134 Å². The van der Waals surface area contributed by atoms with Gasteiger partial charge in [0.15, 0.2) is 42.8 Å². The number of hydrogen-bond donors (Lipinski definition) is 4. The molecule has 2 saturated heterocycles. The number of nitrogens with one attached hydrogen (secondary N) is 1. The van der Waals surface area contributed by atoms with Crippen LogP contribution in [0.25, 0.3) is 5.13 Å². The van der Waals surface area contributed by atoms with Crippen molar-refractivity contribution in [3.63, 3.8) is 0 Å². The number of aliphatic hydroxyl groups excluding tert-OH is 1. The van der Waals surface area contributed by atoms with Crippen LogP contribution in [0.2, 0.25) is 0 Å². The van der Waals surface area contributed by atoms with Gasteiger partial charge in [0.05, 0.1) is 7.11 Å². The van der Waals surface area contributed by atoms with Crippen molar-refractivity contribution in [2.45, 2.75) is 66.0 Å². The molecule has 16 aromatic rings. The number of nitrogen functional groups attached to an aromatic ring is 1. The van der Waals surface area contributed by atoms with E-state index in [9.17, 15) is 0 Å². The van der Waals surface area contributed by atoms with Crippen LogP contribution in [0.1, 0.15) is 69.7 Å². The van der Waals surface area contributed by atoms with E-state index >= 15 is 0 Å². The minimum Gasteiger partial charge on any atom is -1.00 e. The molecule has 0 spiro atoms. The third-order valence-electron chi connectivity index (χ3n) is 14.4. The average molecular weight is 2630 g/mol. The van der Waals surface area contributed by atoms with E-state index in [0.717, 1.165) is 139 Å². The third kappa shape index (κ3) is 85.1. The van der Waals surface area contributed by atoms with E-state index in [2.05, 4.69) is 297 Å². The van der Waals surface area contributed by atoms with Crippen molar-refractivity contribution in [2.75, 3.05) is 137 Å². The number of likely N-dealkylation sites (tertiary alicyclic amines) is 1. The Hall–Kier alpha value is -0.740. The standard InChI is InChI=1S/C14H17N3S.C12H17N.C9H16N2OS.C6H5N3S.C5H8N2S.C4H5NOS.C4H5N.7C3H2BrNS.C3H8O.C2H3N3S.C2H7N.CH5N.CH3O.5Na.4H/c1-2-4-13(5-3-1)12-16-7-9-17(10-8-16)14-15-6-11-18-14;1-3-7-12(8-4-1)11-13-9-5-2-6-10-13;1-3-11(4-2)6-7-12-9-10-5-8-13-9;1-3-9(5-7-1)6-8-2-4-10-6;1-7(2)5-6-3-4-8-5;1-6-4-5-2-3-7-4;1-2-4-5-3-1;7*4-3-5-1-2-6-3;1-2-3-4;3-2-5-4-1-6-2;1-3-2;2*1-2;;;;;;;;;/h1-6,11H,7-10,12H2;1,3-4,7-8H,2,5-6,9-11H2;5,8H,3-4,6-7H2,1-2H3;1-5H;3-4H,1-2H3;2-3H,1H3;1,3-4H,2H2;7*1-2H;4H,2-3H2,1H3;1H,(H2,3,5);3H,1-2H3;2H2,1H3;1H3;;;;;;;;;/q;;;;;;;;;;;;;;;;;;-1;5*+1;4*-1. The Balaban J connectivity index is -0.000000191. The van der Waals surface area contributed by atoms with Crippen LogP contribution in [0.5, 0.6) is 10.4 Å². The number of aliphatic hydroxyl groups is 1. The molecule has 0 bridgehead atoms. The minimum atomic E-state index is 0. The van der Waals surface area contributed by atoms with Crippen LogP contribution in [-0.4, -0.2) is 227 Å². The number of hydrogen-bond acceptors (Lipinski definition) is 41. The first-order chi connectivity index (χ1) is 64.9. The molecule has 6 N–H and O–H groups in total. The second-order valence-corrected chi connectivity index (χ2v) is 44.4. The van der Waals surface area contributed by atoms with Crippen molar-refractivity contribution in [1.82, 2.24) is 99.6 Å². The van der Waals surface area contributed by atoms with E-state index < -0.39 is 0 Å². The van der Waals surface area contributed by atoms with Gasteiger partial charge in [-0.1, -0.05) is 128 Å². The number of piperidine rings is 1. The topological polar surface area (TPSA) is 353 Å². The van der Waals surface area contributed by atoms with E-state index in [1.165, 1.54) is 84.5 Å². The summed E-state index contributed by atoms with van der Waals surface area (Å²) in [5, 5.41) is 54.2. The van der Waals surface area contributed by atoms with Gasteiger partial charge in [-0.05, 0) is 189 Å². The first-order valence-electron chi connectivity index (χ1n) is 39.9. The van der Waals surface area contributed by atoms with Crippen molar-refractivity contribution in [2.24, 2.45) is 10.7 Å². The molecule has 0 unspecified atom stereocenters. The molecule has 734 valence electrons. The molecule has 2 fully saturated rings. The van der Waals surface area contributed by atoms with E-state index in [1.54, 1.807) is 213 Å². The van der Waals surface area contributed by atoms with Crippen LogP contribution in [-0.2, 0) is 13.1 Å². The summed E-state index contributed by atoms with van der Waals surface area (Å²) < 4.78 is 18.7. The zero-order valence-electron chi connectivity index (χ0n) is 84.0. The Morgan fingerprint density at radius 1 is 0.471 bits per heavy atom. The van der Waals surface area contributed by atoms with Crippen molar-refractivity contribution < 1.29 is 173 Å². The second-order valence-electron chi connectivity index (χ2n) is 24.0. The normalized spacial score (nSPS) is 10.8. The quantitative estimate of drug-likeness (QED) is 0.0694. The molecule has 0 radical (unpaired) electrons. The Kier molecular flexibility index (Phi) is 112. The minimum absolute atomic E-state index is 0. The summed E-state index contributed by atoms with van der Waals surface area (Å²) in [5.74, 6) is 0. The number of anilines is 3. The molecule has 19 rings (SSSR count). The fourth-order valence-electron chi connectivity index (χ4n) is 8.75. The Morgan fingerprint density at radius 2 is 0.841 bits per heavy atom. The molecule has 3 aliphatic heterocycles. The van der Waals surface area contributed by atoms with E-state index in [0.29, 0.717) is 11.7 Å². The predicted octanol–water partition coefficient (Wildman–Crippen LogP) is 9.37. The van der Waals surface area contributed by atoms with Gasteiger partial charge in [-0.3, -0.25) is 19.4 Å². The number of ether oxygens (including phenoxy) is 2. The van der Waals surface area contributed by atoms with Crippen molar-refractivity contribution in [3.8, 4) is 15.5 Å². The van der Waals surface area contributed by atoms with Gasteiger partial charge in [0, 0.05) is 237 Å². The van der Waals surface area contributed by atoms with Crippen LogP contribution < -0.4 is 189 Å². The summed E-state index contributed by atoms with van der Waals surface area (Å²) in [6.07, 6.45) is 38.4. The molecule has 0 amide bonds. The van der Waals surface area contributed by atoms with Crippen molar-refractivity contribution >= 4 is 280 Å². The van der Waals surface area contributed by atoms with E-state index in [4.69, 9.17) is 25.4 Å². The maximum absolute atomic E-state index is 8.25. The van der Waals surface area contributed by atoms with Gasteiger partial charge in [-0.15, -0.1) is 124 Å². The zero-order valence-corrected chi connectivity index (χ0v) is 112. The Bertz CT molecular complexity index is 4510. The zero-order chi connectivity index (χ0) is 97.5. The smallest absolute Gasteiger partial charge is 1.00 e. The maximum atomic E-state index is 8.25. The van der Waals surface area contributed by atoms with Crippen LogP contribution >= 0.6 is 259 Å². The average Bonchev–Trinajstić information content (AvgIpc) is 1.84. The summed E-state index contributed by atoms with van der Waals surface area (Å²) in [7, 11) is 11.6.